The van der Waals surface area contributed by atoms with Gasteiger partial charge in [0.05, 0.1) is 0 Å². The molecule has 0 saturated carbocycles. The van der Waals surface area contributed by atoms with Crippen molar-refractivity contribution in [3.63, 3.8) is 0 Å². The first-order valence-electron chi connectivity index (χ1n) is 12.6. The molecule has 1 heterocycles. The average molecular weight is 457 g/mol. The van der Waals surface area contributed by atoms with E-state index in [1.807, 2.05) is 0 Å². The van der Waals surface area contributed by atoms with Gasteiger partial charge in [0.1, 0.15) is 0 Å². The highest BCUT2D eigenvalue weighted by Crippen LogP contribution is 2.39. The third-order valence-corrected chi connectivity index (χ3v) is 7.55. The highest BCUT2D eigenvalue weighted by atomic mass is 16.3. The van der Waals surface area contributed by atoms with Crippen LogP contribution in [0.4, 0.5) is 5.69 Å². The summed E-state index contributed by atoms with van der Waals surface area (Å²) in [6.07, 6.45) is 0.798. The molecule has 4 rings (SSSR count). The standard InChI is InChI=1S/C31H40N2O/c1-22-16-17-26(31(2,3)4)20-27(22)33(5)30-25(18-19-34)21-32-29(30)28(23-12-8-6-9-13-23)24-14-10-7-11-15-24/h6-17,20,25,28-30,32,34H,18-19,21H2,1-5H3. The van der Waals surface area contributed by atoms with E-state index in [4.69, 9.17) is 0 Å². The molecule has 1 fully saturated rings. The molecule has 1 aliphatic rings. The Balaban J connectivity index is 1.80. The predicted molar refractivity (Wildman–Crippen MR) is 144 cm³/mol. The molecule has 2 N–H and O–H groups in total. The minimum atomic E-state index is 0.0950. The number of benzene rings is 3. The zero-order valence-corrected chi connectivity index (χ0v) is 21.3. The van der Waals surface area contributed by atoms with Gasteiger partial charge in [0.2, 0.25) is 0 Å². The van der Waals surface area contributed by atoms with Crippen LogP contribution < -0.4 is 10.2 Å². The molecule has 3 unspecified atom stereocenters. The number of aryl methyl sites for hydroxylation is 1. The van der Waals surface area contributed by atoms with Crippen molar-refractivity contribution in [2.75, 3.05) is 25.1 Å². The van der Waals surface area contributed by atoms with Crippen LogP contribution in [0.3, 0.4) is 0 Å². The number of nitrogens with one attached hydrogen (secondary N) is 1. The van der Waals surface area contributed by atoms with Crippen LogP contribution in [-0.2, 0) is 5.41 Å². The van der Waals surface area contributed by atoms with Gasteiger partial charge in [-0.25, -0.2) is 0 Å². The molecule has 3 aromatic rings. The van der Waals surface area contributed by atoms with Crippen LogP contribution in [0.5, 0.6) is 0 Å². The van der Waals surface area contributed by atoms with Crippen LogP contribution in [0.1, 0.15) is 55.4 Å². The van der Waals surface area contributed by atoms with Crippen molar-refractivity contribution in [2.45, 2.75) is 57.5 Å². The molecular weight excluding hydrogens is 416 g/mol. The van der Waals surface area contributed by atoms with Crippen molar-refractivity contribution in [1.82, 2.24) is 5.32 Å². The molecule has 180 valence electrons. The normalized spacial score (nSPS) is 20.6. The Morgan fingerprint density at radius 1 is 0.941 bits per heavy atom. The van der Waals surface area contributed by atoms with E-state index in [-0.39, 0.29) is 30.0 Å². The molecule has 3 nitrogen and oxygen atoms in total. The van der Waals surface area contributed by atoms with Crippen molar-refractivity contribution >= 4 is 5.69 Å². The summed E-state index contributed by atoms with van der Waals surface area (Å²) in [6, 6.07) is 29.1. The number of aliphatic hydroxyl groups is 1. The van der Waals surface area contributed by atoms with E-state index in [2.05, 4.69) is 124 Å². The van der Waals surface area contributed by atoms with E-state index in [9.17, 15) is 5.11 Å². The summed E-state index contributed by atoms with van der Waals surface area (Å²) in [4.78, 5) is 2.49. The first-order valence-corrected chi connectivity index (χ1v) is 12.6. The van der Waals surface area contributed by atoms with Gasteiger partial charge in [-0.1, -0.05) is 93.6 Å². The van der Waals surface area contributed by atoms with Crippen molar-refractivity contribution in [3.8, 4) is 0 Å². The van der Waals surface area contributed by atoms with Gasteiger partial charge < -0.3 is 15.3 Å². The van der Waals surface area contributed by atoms with Crippen LogP contribution in [0.15, 0.2) is 78.9 Å². The van der Waals surface area contributed by atoms with Crippen LogP contribution in [0.2, 0.25) is 0 Å². The van der Waals surface area contributed by atoms with E-state index >= 15 is 0 Å². The Morgan fingerprint density at radius 2 is 1.53 bits per heavy atom. The summed E-state index contributed by atoms with van der Waals surface area (Å²) in [5, 5.41) is 13.8. The van der Waals surface area contributed by atoms with Gasteiger partial charge in [0, 0.05) is 43.9 Å². The number of anilines is 1. The fourth-order valence-electron chi connectivity index (χ4n) is 5.68. The maximum absolute atomic E-state index is 9.91. The summed E-state index contributed by atoms with van der Waals surface area (Å²) in [5.74, 6) is 0.595. The van der Waals surface area contributed by atoms with Crippen LogP contribution in [0.25, 0.3) is 0 Å². The largest absolute Gasteiger partial charge is 0.396 e. The number of aliphatic hydroxyl groups excluding tert-OH is 1. The maximum Gasteiger partial charge on any atom is 0.0490 e. The van der Waals surface area contributed by atoms with Gasteiger partial charge in [-0.3, -0.25) is 0 Å². The SMILES string of the molecule is Cc1ccc(C(C)(C)C)cc1N(C)C1C(CCO)CNC1C(c1ccccc1)c1ccccc1. The van der Waals surface area contributed by atoms with Crippen molar-refractivity contribution in [2.24, 2.45) is 5.92 Å². The third-order valence-electron chi connectivity index (χ3n) is 7.55. The number of nitrogens with zero attached hydrogens (tertiary/aromatic N) is 1. The van der Waals surface area contributed by atoms with E-state index in [1.165, 1.54) is 27.9 Å². The zero-order chi connectivity index (χ0) is 24.3. The molecule has 0 aromatic heterocycles. The molecule has 3 aromatic carbocycles. The molecule has 0 aliphatic carbocycles. The zero-order valence-electron chi connectivity index (χ0n) is 21.3. The van der Waals surface area contributed by atoms with Crippen LogP contribution in [-0.4, -0.2) is 37.4 Å². The Morgan fingerprint density at radius 3 is 2.06 bits per heavy atom. The van der Waals surface area contributed by atoms with Crippen molar-refractivity contribution in [3.05, 3.63) is 101 Å². The van der Waals surface area contributed by atoms with E-state index < -0.39 is 0 Å². The summed E-state index contributed by atoms with van der Waals surface area (Å²) in [5.41, 5.74) is 6.68. The minimum Gasteiger partial charge on any atom is -0.396 e. The van der Waals surface area contributed by atoms with Gasteiger partial charge in [0.15, 0.2) is 0 Å². The number of hydrogen-bond acceptors (Lipinski definition) is 3. The molecule has 0 spiro atoms. The highest BCUT2D eigenvalue weighted by Gasteiger charge is 2.43. The smallest absolute Gasteiger partial charge is 0.0490 e. The molecule has 1 aliphatic heterocycles. The quantitative estimate of drug-likeness (QED) is 0.465. The number of rotatable bonds is 7. The molecule has 3 heteroatoms. The fourth-order valence-corrected chi connectivity index (χ4v) is 5.68. The molecule has 0 radical (unpaired) electrons. The second-order valence-electron chi connectivity index (χ2n) is 10.9. The Labute approximate surface area is 205 Å². The first kappa shape index (κ1) is 24.5. The van der Waals surface area contributed by atoms with E-state index in [0.717, 1.165) is 13.0 Å². The lowest BCUT2D eigenvalue weighted by Crippen LogP contribution is -2.48. The Hall–Kier alpha value is -2.62. The minimum absolute atomic E-state index is 0.0950. The maximum atomic E-state index is 9.91. The predicted octanol–water partition coefficient (Wildman–Crippen LogP) is 5.90. The van der Waals surface area contributed by atoms with E-state index in [1.54, 1.807) is 0 Å². The summed E-state index contributed by atoms with van der Waals surface area (Å²) >= 11 is 0. The van der Waals surface area contributed by atoms with Gasteiger partial charge >= 0.3 is 0 Å². The van der Waals surface area contributed by atoms with Crippen LogP contribution in [0, 0.1) is 12.8 Å². The first-order chi connectivity index (χ1) is 16.3. The molecule has 34 heavy (non-hydrogen) atoms. The lowest BCUT2D eigenvalue weighted by atomic mass is 9.79. The van der Waals surface area contributed by atoms with Gasteiger partial charge in [-0.2, -0.15) is 0 Å². The molecule has 0 bridgehead atoms. The monoisotopic (exact) mass is 456 g/mol. The highest BCUT2D eigenvalue weighted by molar-refractivity contribution is 5.57. The Kier molecular flexibility index (Phi) is 7.45. The molecular formula is C31H40N2O. The second kappa shape index (κ2) is 10.3. The molecule has 1 saturated heterocycles. The third kappa shape index (κ3) is 5.06. The summed E-state index contributed by atoms with van der Waals surface area (Å²) < 4.78 is 0. The van der Waals surface area contributed by atoms with Crippen LogP contribution >= 0.6 is 0 Å². The lowest BCUT2D eigenvalue weighted by Gasteiger charge is -2.39. The average Bonchev–Trinajstić information content (AvgIpc) is 3.23. The molecule has 3 atom stereocenters. The van der Waals surface area contributed by atoms with Gasteiger partial charge in [0.25, 0.3) is 0 Å². The summed E-state index contributed by atoms with van der Waals surface area (Å²) in [6.45, 7) is 10.2. The molecule has 0 amide bonds. The second-order valence-corrected chi connectivity index (χ2v) is 10.9. The Bertz CT molecular complexity index is 1020. The number of hydrogen-bond donors (Lipinski definition) is 2. The van der Waals surface area contributed by atoms with Crippen molar-refractivity contribution < 1.29 is 5.11 Å². The topological polar surface area (TPSA) is 35.5 Å². The fraction of sp³-hybridized carbons (Fsp3) is 0.419. The van der Waals surface area contributed by atoms with Gasteiger partial charge in [-0.15, -0.1) is 0 Å². The van der Waals surface area contributed by atoms with E-state index in [0.29, 0.717) is 5.92 Å². The summed E-state index contributed by atoms with van der Waals surface area (Å²) in [7, 11) is 2.25. The van der Waals surface area contributed by atoms with Crippen molar-refractivity contribution in [1.29, 1.82) is 0 Å². The van der Waals surface area contributed by atoms with Gasteiger partial charge in [-0.05, 0) is 53.0 Å². The number of likely N-dealkylation sites (N-methyl/N-ethyl adjacent to an activating group) is 1. The lowest BCUT2D eigenvalue weighted by molar-refractivity contribution is 0.251.